The van der Waals surface area contributed by atoms with Crippen LogP contribution >= 0.6 is 0 Å². The van der Waals surface area contributed by atoms with Crippen LogP contribution < -0.4 is 5.32 Å². The van der Waals surface area contributed by atoms with E-state index >= 15 is 0 Å². The molecule has 1 fully saturated rings. The Hall–Kier alpha value is -2.90. The van der Waals surface area contributed by atoms with E-state index in [-0.39, 0.29) is 13.0 Å². The molecule has 1 aliphatic heterocycles. The average molecular weight is 1100 g/mol. The number of carbonyl (C=O) groups is 2. The van der Waals surface area contributed by atoms with Crippen molar-refractivity contribution in [3.8, 4) is 0 Å². The van der Waals surface area contributed by atoms with Gasteiger partial charge in [0.25, 0.3) is 0 Å². The number of carbonyl (C=O) groups excluding carboxylic acids is 2. The fourth-order valence-electron chi connectivity index (χ4n) is 9.80. The first kappa shape index (κ1) is 73.1. The van der Waals surface area contributed by atoms with E-state index in [1.807, 2.05) is 6.08 Å². The maximum absolute atomic E-state index is 13.4. The Kier molecular flexibility index (Phi) is 51.3. The summed E-state index contributed by atoms with van der Waals surface area (Å²) in [6.45, 7) is 5.68. The van der Waals surface area contributed by atoms with Crippen molar-refractivity contribution in [3.05, 3.63) is 72.9 Å². The van der Waals surface area contributed by atoms with Gasteiger partial charge >= 0.3 is 5.97 Å². The van der Waals surface area contributed by atoms with Gasteiger partial charge in [-0.2, -0.15) is 0 Å². The molecule has 8 unspecified atom stereocenters. The second kappa shape index (κ2) is 54.7. The van der Waals surface area contributed by atoms with Crippen molar-refractivity contribution in [1.29, 1.82) is 0 Å². The van der Waals surface area contributed by atoms with Gasteiger partial charge < -0.3 is 45.1 Å². The highest BCUT2D eigenvalue weighted by Gasteiger charge is 2.47. The molecule has 0 aromatic carbocycles. The molecule has 452 valence electrons. The summed E-state index contributed by atoms with van der Waals surface area (Å²) >= 11 is 0. The molecule has 1 amide bonds. The van der Waals surface area contributed by atoms with E-state index in [1.54, 1.807) is 6.08 Å². The number of unbranched alkanes of at least 4 members (excludes halogenated alkanes) is 30. The lowest BCUT2D eigenvalue weighted by Gasteiger charge is -2.41. The summed E-state index contributed by atoms with van der Waals surface area (Å²) in [5, 5.41) is 57.0. The summed E-state index contributed by atoms with van der Waals surface area (Å²) in [4.78, 5) is 26.6. The highest BCUT2D eigenvalue weighted by Crippen LogP contribution is 2.26. The highest BCUT2D eigenvalue weighted by molar-refractivity contribution is 5.80. The average Bonchev–Trinajstić information content (AvgIpc) is 3.45. The first-order valence-electron chi connectivity index (χ1n) is 32.2. The maximum atomic E-state index is 13.4. The van der Waals surface area contributed by atoms with Crippen LogP contribution in [0.2, 0.25) is 0 Å². The molecule has 1 rings (SSSR count). The van der Waals surface area contributed by atoms with E-state index in [9.17, 15) is 35.1 Å². The number of hydrogen-bond donors (Lipinski definition) is 6. The molecule has 6 N–H and O–H groups in total. The molecule has 0 spiro atoms. The Labute approximate surface area is 477 Å². The first-order valence-corrected chi connectivity index (χ1v) is 32.2. The number of rotatable bonds is 54. The number of allylic oxidation sites excluding steroid dienone is 11. The summed E-state index contributed by atoms with van der Waals surface area (Å²) in [5.41, 5.74) is 0. The molecule has 11 heteroatoms. The molecule has 1 aliphatic rings. The van der Waals surface area contributed by atoms with Gasteiger partial charge in [-0.3, -0.25) is 9.59 Å². The minimum absolute atomic E-state index is 0.109. The lowest BCUT2D eigenvalue weighted by atomic mass is 9.99. The van der Waals surface area contributed by atoms with Crippen LogP contribution in [0.4, 0.5) is 0 Å². The van der Waals surface area contributed by atoms with Crippen molar-refractivity contribution in [2.24, 2.45) is 0 Å². The third-order valence-electron chi connectivity index (χ3n) is 14.9. The summed E-state index contributed by atoms with van der Waals surface area (Å²) in [7, 11) is 0. The van der Waals surface area contributed by atoms with Crippen molar-refractivity contribution < 1.29 is 49.3 Å². The normalized spacial score (nSPS) is 19.4. The van der Waals surface area contributed by atoms with E-state index in [2.05, 4.69) is 86.8 Å². The zero-order valence-electron chi connectivity index (χ0n) is 50.0. The number of aliphatic hydroxyl groups is 5. The predicted molar refractivity (Wildman–Crippen MR) is 324 cm³/mol. The van der Waals surface area contributed by atoms with E-state index < -0.39 is 67.4 Å². The Morgan fingerprint density at radius 2 is 0.923 bits per heavy atom. The van der Waals surface area contributed by atoms with Crippen LogP contribution in [0.15, 0.2) is 72.9 Å². The second-order valence-electron chi connectivity index (χ2n) is 22.1. The van der Waals surface area contributed by atoms with Gasteiger partial charge in [0.05, 0.1) is 25.4 Å². The van der Waals surface area contributed by atoms with Crippen molar-refractivity contribution >= 4 is 11.9 Å². The van der Waals surface area contributed by atoms with Crippen molar-refractivity contribution in [2.45, 2.75) is 327 Å². The monoisotopic (exact) mass is 1100 g/mol. The van der Waals surface area contributed by atoms with E-state index in [1.165, 1.54) is 116 Å². The number of amides is 1. The van der Waals surface area contributed by atoms with Crippen molar-refractivity contribution in [2.75, 3.05) is 13.2 Å². The Morgan fingerprint density at radius 1 is 0.513 bits per heavy atom. The van der Waals surface area contributed by atoms with Crippen LogP contribution in [0.1, 0.15) is 278 Å². The fraction of sp³-hybridized carbons (Fsp3) is 0.791. The Bertz CT molecular complexity index is 1540. The van der Waals surface area contributed by atoms with Gasteiger partial charge in [0.1, 0.15) is 24.4 Å². The van der Waals surface area contributed by atoms with Gasteiger partial charge in [-0.05, 0) is 70.6 Å². The molecule has 0 aliphatic carbocycles. The summed E-state index contributed by atoms with van der Waals surface area (Å²) in [6.07, 6.45) is 59.3. The third kappa shape index (κ3) is 42.0. The van der Waals surface area contributed by atoms with Crippen LogP contribution in [0.3, 0.4) is 0 Å². The van der Waals surface area contributed by atoms with Gasteiger partial charge in [0, 0.05) is 6.42 Å². The Morgan fingerprint density at radius 3 is 1.38 bits per heavy atom. The van der Waals surface area contributed by atoms with Gasteiger partial charge in [0.2, 0.25) is 5.91 Å². The molecule has 1 heterocycles. The van der Waals surface area contributed by atoms with E-state index in [4.69, 9.17) is 14.2 Å². The molecular weight excluding hydrogens is 979 g/mol. The van der Waals surface area contributed by atoms with E-state index in [0.717, 1.165) is 116 Å². The molecule has 11 nitrogen and oxygen atoms in total. The zero-order chi connectivity index (χ0) is 56.8. The van der Waals surface area contributed by atoms with Crippen molar-refractivity contribution in [3.63, 3.8) is 0 Å². The number of esters is 1. The highest BCUT2D eigenvalue weighted by atomic mass is 16.7. The maximum Gasteiger partial charge on any atom is 0.306 e. The van der Waals surface area contributed by atoms with Gasteiger partial charge in [-0.25, -0.2) is 0 Å². The molecule has 78 heavy (non-hydrogen) atoms. The zero-order valence-corrected chi connectivity index (χ0v) is 50.0. The smallest absolute Gasteiger partial charge is 0.306 e. The topological polar surface area (TPSA) is 175 Å². The molecular formula is C67H119NO10. The Balaban J connectivity index is 2.64. The molecule has 0 aromatic heterocycles. The van der Waals surface area contributed by atoms with Crippen LogP contribution in [0.25, 0.3) is 0 Å². The lowest BCUT2D eigenvalue weighted by molar-refractivity contribution is -0.305. The molecule has 0 saturated carbocycles. The van der Waals surface area contributed by atoms with Crippen LogP contribution in [-0.4, -0.2) is 99.6 Å². The first-order chi connectivity index (χ1) is 38.2. The quantitative estimate of drug-likeness (QED) is 0.0195. The van der Waals surface area contributed by atoms with Gasteiger partial charge in [-0.1, -0.05) is 273 Å². The fourth-order valence-corrected chi connectivity index (χ4v) is 9.80. The van der Waals surface area contributed by atoms with Crippen LogP contribution in [0, 0.1) is 0 Å². The number of nitrogens with one attached hydrogen (secondary N) is 1. The van der Waals surface area contributed by atoms with Crippen molar-refractivity contribution in [1.82, 2.24) is 5.32 Å². The predicted octanol–water partition coefficient (Wildman–Crippen LogP) is 15.6. The van der Waals surface area contributed by atoms with Gasteiger partial charge in [0.15, 0.2) is 12.4 Å². The van der Waals surface area contributed by atoms with Crippen LogP contribution in [0.5, 0.6) is 0 Å². The number of aliphatic hydroxyl groups excluding tert-OH is 5. The summed E-state index contributed by atoms with van der Waals surface area (Å²) < 4.78 is 17.6. The second-order valence-corrected chi connectivity index (χ2v) is 22.1. The summed E-state index contributed by atoms with van der Waals surface area (Å²) in [5.74, 6) is -1.20. The number of hydrogen-bond acceptors (Lipinski definition) is 10. The van der Waals surface area contributed by atoms with E-state index in [0.29, 0.717) is 19.3 Å². The molecule has 0 radical (unpaired) electrons. The molecule has 8 atom stereocenters. The largest absolute Gasteiger partial charge is 0.454 e. The lowest BCUT2D eigenvalue weighted by Crippen LogP contribution is -2.61. The van der Waals surface area contributed by atoms with Crippen LogP contribution in [-0.2, 0) is 23.8 Å². The third-order valence-corrected chi connectivity index (χ3v) is 14.9. The SMILES string of the molecule is CC/C=C\C/C=C\C/C=C\C/C=C\C/C=C\CCCCCCCCCC(=O)OC1C(OCC(NC(=O)C(O)CCCCCCCCCCCCCCCC)C(O)/C=C/CCCCCCCCCCCC)OC(CO)C(O)C1O. The standard InChI is InChI=1S/C67H119NO10/c1-4-7-10-13-16-19-22-25-27-28-29-30-31-32-33-34-35-37-40-43-46-49-52-55-62(72)78-65-64(74)63(73)61(56-69)77-67(65)76-57-58(59(70)53-50-47-44-41-38-24-21-18-15-12-9-6-3)68-66(75)60(71)54-51-48-45-42-39-36-26-23-20-17-14-11-8-5-2/h7,10,16,19,25,27,29-30,32-33,50,53,58-61,63-65,67,69-71,73-74H,4-6,8-9,11-15,17-18,20-24,26,28,31,34-49,51-52,54-57H2,1-3H3,(H,68,75)/b10-7-,19-16-,27-25-,30-29-,33-32-,53-50+. The molecule has 0 aromatic rings. The summed E-state index contributed by atoms with van der Waals surface area (Å²) in [6, 6.07) is -1.03. The van der Waals surface area contributed by atoms with Gasteiger partial charge in [-0.15, -0.1) is 0 Å². The minimum atomic E-state index is -1.62. The minimum Gasteiger partial charge on any atom is -0.454 e. The molecule has 0 bridgehead atoms. The molecule has 1 saturated heterocycles. The number of ether oxygens (including phenoxy) is 3.